The van der Waals surface area contributed by atoms with Crippen molar-refractivity contribution in [3.8, 4) is 27.9 Å². The fourth-order valence-corrected chi connectivity index (χ4v) is 7.49. The van der Waals surface area contributed by atoms with Crippen molar-refractivity contribution in [1.29, 1.82) is 0 Å². The lowest BCUT2D eigenvalue weighted by Crippen LogP contribution is -1.95. The second kappa shape index (κ2) is 8.94. The predicted molar refractivity (Wildman–Crippen MR) is 172 cm³/mol. The molecule has 3 heteroatoms. The number of aromatic nitrogens is 1. The Balaban J connectivity index is 1.38. The van der Waals surface area contributed by atoms with E-state index in [1.165, 1.54) is 69.9 Å². The molecule has 2 heterocycles. The Morgan fingerprint density at radius 2 is 1.21 bits per heavy atom. The summed E-state index contributed by atoms with van der Waals surface area (Å²) in [7, 11) is 0. The first-order chi connectivity index (χ1) is 19.2. The molecule has 0 aliphatic carbocycles. The normalized spacial score (nSPS) is 11.7. The van der Waals surface area contributed by atoms with Crippen LogP contribution < -0.4 is 0 Å². The Morgan fingerprint density at radius 3 is 2.10 bits per heavy atom. The summed E-state index contributed by atoms with van der Waals surface area (Å²) in [5.74, 6) is 0. The van der Waals surface area contributed by atoms with E-state index in [1.807, 2.05) is 11.3 Å². The molecular weight excluding hydrogens is 558 g/mol. The SMILES string of the molecule is Brc1cc(-c2ccc3sc4ccccc4c3c2)cc(-c2cccc3c4ccccc4n(-c4ccccc4)c23)c1. The second-order valence-electron chi connectivity index (χ2n) is 9.93. The molecule has 8 rings (SSSR count). The van der Waals surface area contributed by atoms with Gasteiger partial charge in [-0.3, -0.25) is 0 Å². The molecule has 0 atom stereocenters. The Bertz CT molecular complexity index is 2190. The highest BCUT2D eigenvalue weighted by atomic mass is 79.9. The molecule has 0 aliphatic heterocycles. The summed E-state index contributed by atoms with van der Waals surface area (Å²) in [6.45, 7) is 0. The fourth-order valence-electron chi connectivity index (χ4n) is 5.91. The van der Waals surface area contributed by atoms with E-state index in [0.717, 1.165) is 4.47 Å². The van der Waals surface area contributed by atoms with Crippen LogP contribution in [0.25, 0.3) is 69.9 Å². The van der Waals surface area contributed by atoms with E-state index in [-0.39, 0.29) is 0 Å². The summed E-state index contributed by atoms with van der Waals surface area (Å²) in [4.78, 5) is 0. The van der Waals surface area contributed by atoms with E-state index in [4.69, 9.17) is 0 Å². The third-order valence-electron chi connectivity index (χ3n) is 7.63. The molecule has 39 heavy (non-hydrogen) atoms. The highest BCUT2D eigenvalue weighted by molar-refractivity contribution is 9.10. The van der Waals surface area contributed by atoms with Crippen LogP contribution in [-0.4, -0.2) is 4.57 Å². The Kier molecular flexibility index (Phi) is 5.22. The van der Waals surface area contributed by atoms with Gasteiger partial charge in [-0.1, -0.05) is 94.8 Å². The number of hydrogen-bond acceptors (Lipinski definition) is 1. The van der Waals surface area contributed by atoms with Crippen LogP contribution in [0.1, 0.15) is 0 Å². The maximum Gasteiger partial charge on any atom is 0.0619 e. The van der Waals surface area contributed by atoms with Crippen LogP contribution in [0.3, 0.4) is 0 Å². The van der Waals surface area contributed by atoms with E-state index in [1.54, 1.807) is 0 Å². The number of benzene rings is 6. The lowest BCUT2D eigenvalue weighted by Gasteiger charge is -2.13. The molecule has 6 aromatic carbocycles. The summed E-state index contributed by atoms with van der Waals surface area (Å²) in [6.07, 6.45) is 0. The smallest absolute Gasteiger partial charge is 0.0619 e. The van der Waals surface area contributed by atoms with Crippen molar-refractivity contribution in [2.45, 2.75) is 0 Å². The maximum atomic E-state index is 3.85. The molecule has 184 valence electrons. The Morgan fingerprint density at radius 1 is 0.487 bits per heavy atom. The van der Waals surface area contributed by atoms with Gasteiger partial charge in [-0.25, -0.2) is 0 Å². The van der Waals surface area contributed by atoms with Crippen molar-refractivity contribution in [2.24, 2.45) is 0 Å². The zero-order valence-corrected chi connectivity index (χ0v) is 23.3. The topological polar surface area (TPSA) is 4.93 Å². The Hall–Kier alpha value is -4.18. The fraction of sp³-hybridized carbons (Fsp3) is 0. The van der Waals surface area contributed by atoms with Crippen molar-refractivity contribution in [3.63, 3.8) is 0 Å². The van der Waals surface area contributed by atoms with Gasteiger partial charge >= 0.3 is 0 Å². The van der Waals surface area contributed by atoms with Crippen molar-refractivity contribution >= 4 is 69.2 Å². The maximum absolute atomic E-state index is 3.85. The molecule has 0 saturated carbocycles. The summed E-state index contributed by atoms with van der Waals surface area (Å²) in [5.41, 5.74) is 8.46. The van der Waals surface area contributed by atoms with Gasteiger partial charge in [-0.2, -0.15) is 0 Å². The summed E-state index contributed by atoms with van der Waals surface area (Å²) >= 11 is 5.71. The number of fused-ring (bicyclic) bond motifs is 6. The molecule has 0 spiro atoms. The number of halogens is 1. The van der Waals surface area contributed by atoms with Gasteiger partial charge in [0.25, 0.3) is 0 Å². The first kappa shape index (κ1) is 22.8. The molecule has 0 radical (unpaired) electrons. The average Bonchev–Trinajstić information content (AvgIpc) is 3.53. The highest BCUT2D eigenvalue weighted by Crippen LogP contribution is 2.41. The molecule has 8 aromatic rings. The van der Waals surface area contributed by atoms with Crippen molar-refractivity contribution in [3.05, 3.63) is 138 Å². The minimum absolute atomic E-state index is 1.07. The molecule has 2 aromatic heterocycles. The lowest BCUT2D eigenvalue weighted by atomic mass is 9.96. The largest absolute Gasteiger partial charge is 0.309 e. The monoisotopic (exact) mass is 579 g/mol. The van der Waals surface area contributed by atoms with Gasteiger partial charge < -0.3 is 4.57 Å². The van der Waals surface area contributed by atoms with Gasteiger partial charge in [0.2, 0.25) is 0 Å². The van der Waals surface area contributed by atoms with Gasteiger partial charge in [0.05, 0.1) is 11.0 Å². The molecule has 0 amide bonds. The molecule has 0 fully saturated rings. The van der Waals surface area contributed by atoms with Crippen LogP contribution in [0.5, 0.6) is 0 Å². The third-order valence-corrected chi connectivity index (χ3v) is 9.24. The third kappa shape index (κ3) is 3.65. The molecule has 0 unspecified atom stereocenters. The molecule has 0 bridgehead atoms. The summed E-state index contributed by atoms with van der Waals surface area (Å²) < 4.78 is 6.14. The van der Waals surface area contributed by atoms with Crippen LogP contribution in [0, 0.1) is 0 Å². The molecule has 0 saturated heterocycles. The number of para-hydroxylation sites is 3. The summed E-state index contributed by atoms with van der Waals surface area (Å²) in [6, 6.07) is 48.4. The first-order valence-corrected chi connectivity index (χ1v) is 14.7. The average molecular weight is 581 g/mol. The zero-order valence-electron chi connectivity index (χ0n) is 20.9. The second-order valence-corrected chi connectivity index (χ2v) is 11.9. The number of nitrogens with zero attached hydrogens (tertiary/aromatic N) is 1. The minimum atomic E-state index is 1.07. The van der Waals surface area contributed by atoms with Gasteiger partial charge in [0.15, 0.2) is 0 Å². The van der Waals surface area contributed by atoms with Gasteiger partial charge in [-0.05, 0) is 71.3 Å². The van der Waals surface area contributed by atoms with Crippen LogP contribution in [0.15, 0.2) is 138 Å². The van der Waals surface area contributed by atoms with Crippen molar-refractivity contribution < 1.29 is 0 Å². The van der Waals surface area contributed by atoms with Gasteiger partial charge in [0, 0.05) is 46.7 Å². The quantitative estimate of drug-likeness (QED) is 0.196. The van der Waals surface area contributed by atoms with E-state index in [0.29, 0.717) is 0 Å². The van der Waals surface area contributed by atoms with Crippen LogP contribution in [-0.2, 0) is 0 Å². The van der Waals surface area contributed by atoms with E-state index < -0.39 is 0 Å². The highest BCUT2D eigenvalue weighted by Gasteiger charge is 2.17. The molecule has 0 aliphatic rings. The minimum Gasteiger partial charge on any atom is -0.309 e. The van der Waals surface area contributed by atoms with E-state index in [9.17, 15) is 0 Å². The number of hydrogen-bond donors (Lipinski definition) is 0. The van der Waals surface area contributed by atoms with Crippen molar-refractivity contribution in [1.82, 2.24) is 4.57 Å². The van der Waals surface area contributed by atoms with Crippen LogP contribution >= 0.6 is 27.3 Å². The lowest BCUT2D eigenvalue weighted by molar-refractivity contribution is 1.18. The number of rotatable bonds is 3. The predicted octanol–water partition coefficient (Wildman–Crippen LogP) is 11.2. The first-order valence-electron chi connectivity index (χ1n) is 13.0. The summed E-state index contributed by atoms with van der Waals surface area (Å²) in [5, 5.41) is 5.18. The van der Waals surface area contributed by atoms with E-state index in [2.05, 4.69) is 154 Å². The van der Waals surface area contributed by atoms with Crippen LogP contribution in [0.2, 0.25) is 0 Å². The zero-order chi connectivity index (χ0) is 25.9. The Labute approximate surface area is 238 Å². The van der Waals surface area contributed by atoms with Gasteiger partial charge in [0.1, 0.15) is 0 Å². The molecular formula is C36H22BrNS. The molecule has 0 N–H and O–H groups in total. The number of thiophene rings is 1. The van der Waals surface area contributed by atoms with Crippen molar-refractivity contribution in [2.75, 3.05) is 0 Å². The van der Waals surface area contributed by atoms with Crippen LogP contribution in [0.4, 0.5) is 0 Å². The van der Waals surface area contributed by atoms with Gasteiger partial charge in [-0.15, -0.1) is 11.3 Å². The molecule has 1 nitrogen and oxygen atoms in total. The standard InChI is InChI=1S/C36H22BrNS/c37-26-20-24(23-17-18-35-32(22-23)30-12-5-7-16-34(30)39-35)19-25(21-26)28-13-8-14-31-29-11-4-6-15-33(29)38(36(28)31)27-9-2-1-3-10-27/h1-22H. The van der Waals surface area contributed by atoms with E-state index >= 15 is 0 Å².